The molecular formula is C18H23N3O5S. The van der Waals surface area contributed by atoms with E-state index in [2.05, 4.69) is 10.3 Å². The zero-order chi connectivity index (χ0) is 19.9. The molecule has 0 atom stereocenters. The number of methoxy groups -OCH3 is 2. The predicted octanol–water partition coefficient (Wildman–Crippen LogP) is 1.29. The maximum Gasteiger partial charge on any atom is 0.258 e. The summed E-state index contributed by atoms with van der Waals surface area (Å²) < 4.78 is 35.8. The number of ether oxygens (including phenoxy) is 2. The molecule has 1 amide bonds. The summed E-state index contributed by atoms with van der Waals surface area (Å²) in [7, 11) is -0.511. The van der Waals surface area contributed by atoms with E-state index in [9.17, 15) is 13.2 Å². The van der Waals surface area contributed by atoms with E-state index in [0.717, 1.165) is 11.8 Å². The first kappa shape index (κ1) is 20.7. The standard InChI is InChI=1S/C18H23N3O5S/c1-25-15-5-4-6-16(26-2)17(15)18(22)20-11-12-21(27(3,23)24)13-14-7-9-19-10-8-14/h4-10H,11-13H2,1-3H3,(H,20,22). The number of hydrogen-bond donors (Lipinski definition) is 1. The summed E-state index contributed by atoms with van der Waals surface area (Å²) in [6.07, 6.45) is 4.34. The van der Waals surface area contributed by atoms with Crippen LogP contribution < -0.4 is 14.8 Å². The third-order valence-electron chi connectivity index (χ3n) is 3.88. The quantitative estimate of drug-likeness (QED) is 0.689. The van der Waals surface area contributed by atoms with Gasteiger partial charge in [-0.2, -0.15) is 4.31 Å². The first-order chi connectivity index (χ1) is 12.9. The molecule has 0 bridgehead atoms. The lowest BCUT2D eigenvalue weighted by atomic mass is 10.1. The summed E-state index contributed by atoms with van der Waals surface area (Å²) in [5.74, 6) is 0.355. The lowest BCUT2D eigenvalue weighted by molar-refractivity contribution is 0.0945. The third-order valence-corrected chi connectivity index (χ3v) is 5.13. The van der Waals surface area contributed by atoms with E-state index in [-0.39, 0.29) is 25.2 Å². The number of aromatic nitrogens is 1. The highest BCUT2D eigenvalue weighted by Gasteiger charge is 2.20. The number of sulfonamides is 1. The Bertz CT molecular complexity index is 850. The minimum absolute atomic E-state index is 0.129. The van der Waals surface area contributed by atoms with Crippen LogP contribution in [0.1, 0.15) is 15.9 Å². The smallest absolute Gasteiger partial charge is 0.258 e. The Morgan fingerprint density at radius 3 is 2.22 bits per heavy atom. The summed E-state index contributed by atoms with van der Waals surface area (Å²) in [6, 6.07) is 8.52. The Morgan fingerprint density at radius 1 is 1.11 bits per heavy atom. The van der Waals surface area contributed by atoms with Crippen molar-refractivity contribution < 1.29 is 22.7 Å². The average Bonchev–Trinajstić information content (AvgIpc) is 2.66. The van der Waals surface area contributed by atoms with Crippen LogP contribution in [-0.2, 0) is 16.6 Å². The molecule has 8 nitrogen and oxygen atoms in total. The van der Waals surface area contributed by atoms with Crippen molar-refractivity contribution in [3.8, 4) is 11.5 Å². The Balaban J connectivity index is 2.06. The Morgan fingerprint density at radius 2 is 1.70 bits per heavy atom. The molecule has 27 heavy (non-hydrogen) atoms. The van der Waals surface area contributed by atoms with Gasteiger partial charge >= 0.3 is 0 Å². The van der Waals surface area contributed by atoms with Gasteiger partial charge in [0.2, 0.25) is 10.0 Å². The van der Waals surface area contributed by atoms with Crippen LogP contribution in [0.3, 0.4) is 0 Å². The molecule has 1 aromatic carbocycles. The summed E-state index contributed by atoms with van der Waals surface area (Å²) in [5.41, 5.74) is 1.08. The fraction of sp³-hybridized carbons (Fsp3) is 0.333. The van der Waals surface area contributed by atoms with Crippen LogP contribution in [0.5, 0.6) is 11.5 Å². The van der Waals surface area contributed by atoms with Crippen molar-refractivity contribution in [1.29, 1.82) is 0 Å². The molecule has 0 saturated heterocycles. The Kier molecular flexibility index (Phi) is 7.14. The number of benzene rings is 1. The highest BCUT2D eigenvalue weighted by atomic mass is 32.2. The molecule has 1 heterocycles. The number of nitrogens with zero attached hydrogens (tertiary/aromatic N) is 2. The highest BCUT2D eigenvalue weighted by Crippen LogP contribution is 2.27. The number of amides is 1. The second-order valence-electron chi connectivity index (χ2n) is 5.75. The first-order valence-corrected chi connectivity index (χ1v) is 10.0. The van der Waals surface area contributed by atoms with Crippen molar-refractivity contribution in [1.82, 2.24) is 14.6 Å². The van der Waals surface area contributed by atoms with Gasteiger partial charge in [-0.1, -0.05) is 6.07 Å². The molecule has 9 heteroatoms. The first-order valence-electron chi connectivity index (χ1n) is 8.20. The van der Waals surface area contributed by atoms with E-state index < -0.39 is 15.9 Å². The Labute approximate surface area is 159 Å². The van der Waals surface area contributed by atoms with E-state index in [1.807, 2.05) is 0 Å². The number of pyridine rings is 1. The van der Waals surface area contributed by atoms with Crippen LogP contribution in [-0.4, -0.2) is 57.2 Å². The Hall–Kier alpha value is -2.65. The summed E-state index contributed by atoms with van der Waals surface area (Å²) in [4.78, 5) is 16.5. The molecule has 2 rings (SSSR count). The summed E-state index contributed by atoms with van der Waals surface area (Å²) in [5, 5.41) is 2.72. The van der Waals surface area contributed by atoms with Gasteiger partial charge in [-0.25, -0.2) is 8.42 Å². The van der Waals surface area contributed by atoms with Crippen LogP contribution in [0.4, 0.5) is 0 Å². The second-order valence-corrected chi connectivity index (χ2v) is 7.73. The number of carbonyl (C=O) groups is 1. The van der Waals surface area contributed by atoms with Crippen molar-refractivity contribution in [2.45, 2.75) is 6.54 Å². The molecule has 1 aromatic heterocycles. The molecule has 1 N–H and O–H groups in total. The largest absolute Gasteiger partial charge is 0.496 e. The molecule has 0 aliphatic carbocycles. The molecule has 0 aliphatic rings. The monoisotopic (exact) mass is 393 g/mol. The maximum absolute atomic E-state index is 12.5. The van der Waals surface area contributed by atoms with Crippen LogP contribution in [0, 0.1) is 0 Å². The number of nitrogens with one attached hydrogen (secondary N) is 1. The van der Waals surface area contributed by atoms with Crippen LogP contribution in [0.15, 0.2) is 42.7 Å². The molecule has 2 aromatic rings. The lowest BCUT2D eigenvalue weighted by Crippen LogP contribution is -2.37. The van der Waals surface area contributed by atoms with E-state index in [0.29, 0.717) is 11.5 Å². The number of hydrogen-bond acceptors (Lipinski definition) is 6. The van der Waals surface area contributed by atoms with E-state index in [1.54, 1.807) is 42.7 Å². The van der Waals surface area contributed by atoms with Gasteiger partial charge < -0.3 is 14.8 Å². The van der Waals surface area contributed by atoms with Crippen molar-refractivity contribution in [3.63, 3.8) is 0 Å². The van der Waals surface area contributed by atoms with Gasteiger partial charge in [-0.15, -0.1) is 0 Å². The van der Waals surface area contributed by atoms with Crippen molar-refractivity contribution in [2.24, 2.45) is 0 Å². The SMILES string of the molecule is COc1cccc(OC)c1C(=O)NCCN(Cc1ccncc1)S(C)(=O)=O. The molecule has 0 radical (unpaired) electrons. The molecule has 0 saturated carbocycles. The molecular weight excluding hydrogens is 370 g/mol. The lowest BCUT2D eigenvalue weighted by Gasteiger charge is -2.20. The van der Waals surface area contributed by atoms with E-state index in [4.69, 9.17) is 9.47 Å². The van der Waals surface area contributed by atoms with Gasteiger partial charge in [-0.3, -0.25) is 9.78 Å². The van der Waals surface area contributed by atoms with Gasteiger partial charge in [0.1, 0.15) is 17.1 Å². The van der Waals surface area contributed by atoms with Crippen LogP contribution in [0.2, 0.25) is 0 Å². The summed E-state index contributed by atoms with van der Waals surface area (Å²) in [6.45, 7) is 0.470. The summed E-state index contributed by atoms with van der Waals surface area (Å²) >= 11 is 0. The molecule has 0 spiro atoms. The minimum Gasteiger partial charge on any atom is -0.496 e. The molecule has 0 unspecified atom stereocenters. The van der Waals surface area contributed by atoms with Gasteiger partial charge in [0.05, 0.1) is 20.5 Å². The molecule has 146 valence electrons. The zero-order valence-corrected chi connectivity index (χ0v) is 16.3. The fourth-order valence-electron chi connectivity index (χ4n) is 2.51. The fourth-order valence-corrected chi connectivity index (χ4v) is 3.32. The average molecular weight is 393 g/mol. The topological polar surface area (TPSA) is 97.8 Å². The predicted molar refractivity (Wildman–Crippen MR) is 101 cm³/mol. The van der Waals surface area contributed by atoms with Crippen LogP contribution >= 0.6 is 0 Å². The van der Waals surface area contributed by atoms with E-state index >= 15 is 0 Å². The molecule has 0 fully saturated rings. The highest BCUT2D eigenvalue weighted by molar-refractivity contribution is 7.88. The number of rotatable bonds is 9. The van der Waals surface area contributed by atoms with E-state index in [1.165, 1.54) is 18.5 Å². The molecule has 0 aliphatic heterocycles. The van der Waals surface area contributed by atoms with Crippen molar-refractivity contribution in [3.05, 3.63) is 53.9 Å². The van der Waals surface area contributed by atoms with Gasteiger partial charge in [0.25, 0.3) is 5.91 Å². The van der Waals surface area contributed by atoms with Crippen LogP contribution in [0.25, 0.3) is 0 Å². The zero-order valence-electron chi connectivity index (χ0n) is 15.5. The van der Waals surface area contributed by atoms with Gasteiger partial charge in [0.15, 0.2) is 0 Å². The minimum atomic E-state index is -3.44. The van der Waals surface area contributed by atoms with Gasteiger partial charge in [0, 0.05) is 32.0 Å². The maximum atomic E-state index is 12.5. The number of carbonyl (C=O) groups excluding carboxylic acids is 1. The normalized spacial score (nSPS) is 11.3. The third kappa shape index (κ3) is 5.66. The van der Waals surface area contributed by atoms with Gasteiger partial charge in [-0.05, 0) is 29.8 Å². The van der Waals surface area contributed by atoms with Crippen molar-refractivity contribution >= 4 is 15.9 Å². The van der Waals surface area contributed by atoms with Crippen molar-refractivity contribution in [2.75, 3.05) is 33.6 Å². The second kappa shape index (κ2) is 9.33.